The molecule has 0 unspecified atom stereocenters. The number of H-pyrrole nitrogens is 1. The molecule has 0 saturated carbocycles. The molecule has 17 heavy (non-hydrogen) atoms. The second-order valence-electron chi connectivity index (χ2n) is 5.10. The van der Waals surface area contributed by atoms with Crippen molar-refractivity contribution < 1.29 is 0 Å². The number of aromatic amines is 1. The number of aryl methyl sites for hydroxylation is 3. The first-order chi connectivity index (χ1) is 8.34. The predicted molar refractivity (Wildman–Crippen MR) is 72.6 cm³/mol. The van der Waals surface area contributed by atoms with Gasteiger partial charge in [-0.15, -0.1) is 0 Å². The Morgan fingerprint density at radius 3 is 2.47 bits per heavy atom. The van der Waals surface area contributed by atoms with Crippen molar-refractivity contribution in [1.29, 1.82) is 0 Å². The van der Waals surface area contributed by atoms with Crippen molar-refractivity contribution in [3.8, 4) is 0 Å². The van der Waals surface area contributed by atoms with Gasteiger partial charge in [-0.05, 0) is 48.8 Å². The molecular formula is C16H15N. The number of fused-ring (bicyclic) bond motifs is 6. The zero-order chi connectivity index (χ0) is 11.4. The van der Waals surface area contributed by atoms with Crippen LogP contribution in [0.1, 0.15) is 23.2 Å². The van der Waals surface area contributed by atoms with Gasteiger partial charge in [0.05, 0.1) is 5.52 Å². The number of hydrogen-bond donors (Lipinski definition) is 1. The van der Waals surface area contributed by atoms with Gasteiger partial charge in [0.1, 0.15) is 0 Å². The van der Waals surface area contributed by atoms with E-state index in [1.807, 2.05) is 0 Å². The van der Waals surface area contributed by atoms with E-state index in [0.29, 0.717) is 0 Å². The van der Waals surface area contributed by atoms with Crippen LogP contribution in [-0.4, -0.2) is 4.98 Å². The fraction of sp³-hybridized carbons (Fsp3) is 0.250. The Labute approximate surface area is 100 Å². The Hall–Kier alpha value is -1.76. The van der Waals surface area contributed by atoms with Crippen LogP contribution in [0.2, 0.25) is 0 Å². The van der Waals surface area contributed by atoms with E-state index < -0.39 is 0 Å². The third kappa shape index (κ3) is 1.14. The Kier molecular flexibility index (Phi) is 1.71. The second-order valence-corrected chi connectivity index (χ2v) is 5.10. The smallest absolute Gasteiger partial charge is 0.0538 e. The number of hydrogen-bond acceptors (Lipinski definition) is 0. The summed E-state index contributed by atoms with van der Waals surface area (Å²) in [6.07, 6.45) is 3.80. The lowest BCUT2D eigenvalue weighted by Crippen LogP contribution is -1.87. The zero-order valence-electron chi connectivity index (χ0n) is 10.0. The van der Waals surface area contributed by atoms with E-state index in [9.17, 15) is 0 Å². The highest BCUT2D eigenvalue weighted by Crippen LogP contribution is 2.37. The van der Waals surface area contributed by atoms with Crippen LogP contribution >= 0.6 is 0 Å². The summed E-state index contributed by atoms with van der Waals surface area (Å²) in [4.78, 5) is 3.53. The van der Waals surface area contributed by atoms with Crippen LogP contribution in [0.5, 0.6) is 0 Å². The molecule has 0 bridgehead atoms. The van der Waals surface area contributed by atoms with Crippen molar-refractivity contribution in [1.82, 2.24) is 4.98 Å². The van der Waals surface area contributed by atoms with E-state index in [2.05, 4.69) is 42.2 Å². The van der Waals surface area contributed by atoms with Crippen LogP contribution in [0.4, 0.5) is 0 Å². The molecule has 0 saturated heterocycles. The first-order valence-electron chi connectivity index (χ1n) is 6.36. The van der Waals surface area contributed by atoms with Gasteiger partial charge in [-0.3, -0.25) is 0 Å². The molecule has 1 heterocycles. The van der Waals surface area contributed by atoms with E-state index in [0.717, 1.165) is 0 Å². The van der Waals surface area contributed by atoms with E-state index >= 15 is 0 Å². The maximum atomic E-state index is 3.53. The first-order valence-corrected chi connectivity index (χ1v) is 6.36. The van der Waals surface area contributed by atoms with Crippen LogP contribution in [0, 0.1) is 6.92 Å². The molecular weight excluding hydrogens is 206 g/mol. The molecule has 4 rings (SSSR count). The van der Waals surface area contributed by atoms with Gasteiger partial charge in [-0.2, -0.15) is 0 Å². The van der Waals surface area contributed by atoms with Crippen molar-refractivity contribution in [2.45, 2.75) is 26.2 Å². The quantitative estimate of drug-likeness (QED) is 0.587. The summed E-state index contributed by atoms with van der Waals surface area (Å²) in [5.41, 5.74) is 5.78. The molecule has 0 amide bonds. The van der Waals surface area contributed by atoms with Crippen molar-refractivity contribution in [3.63, 3.8) is 0 Å². The number of benzene rings is 2. The van der Waals surface area contributed by atoms with Crippen molar-refractivity contribution in [3.05, 3.63) is 47.2 Å². The Balaban J connectivity index is 2.33. The summed E-state index contributed by atoms with van der Waals surface area (Å²) >= 11 is 0. The second kappa shape index (κ2) is 3.13. The molecule has 0 fully saturated rings. The highest BCUT2D eigenvalue weighted by atomic mass is 14.7. The molecule has 1 N–H and O–H groups in total. The van der Waals surface area contributed by atoms with Gasteiger partial charge in [0.15, 0.2) is 0 Å². The van der Waals surface area contributed by atoms with Crippen LogP contribution in [0.15, 0.2) is 30.3 Å². The molecule has 0 aliphatic heterocycles. The lowest BCUT2D eigenvalue weighted by Gasteiger charge is -2.08. The standard InChI is InChI=1S/C16H15N/c1-10-9-15-13-8-4-7-11(13)12-5-2-3-6-14(12)16(15)17-10/h2-3,5-6,9,17H,4,7-8H2,1H3. The predicted octanol–water partition coefficient (Wildman–Crippen LogP) is 4.12. The minimum absolute atomic E-state index is 1.24. The lowest BCUT2D eigenvalue weighted by atomic mass is 9.97. The fourth-order valence-corrected chi connectivity index (χ4v) is 3.34. The van der Waals surface area contributed by atoms with E-state index in [1.165, 1.54) is 46.6 Å². The van der Waals surface area contributed by atoms with Crippen molar-refractivity contribution in [2.24, 2.45) is 0 Å². The van der Waals surface area contributed by atoms with Gasteiger partial charge in [-0.1, -0.05) is 24.3 Å². The Morgan fingerprint density at radius 1 is 0.941 bits per heavy atom. The molecule has 2 aromatic carbocycles. The molecule has 0 atom stereocenters. The topological polar surface area (TPSA) is 15.8 Å². The van der Waals surface area contributed by atoms with E-state index in [-0.39, 0.29) is 0 Å². The van der Waals surface area contributed by atoms with Gasteiger partial charge < -0.3 is 4.98 Å². The average Bonchev–Trinajstić information content (AvgIpc) is 2.94. The maximum absolute atomic E-state index is 3.53. The molecule has 1 aromatic heterocycles. The zero-order valence-corrected chi connectivity index (χ0v) is 10.0. The summed E-state index contributed by atoms with van der Waals surface area (Å²) in [6, 6.07) is 11.1. The summed E-state index contributed by atoms with van der Waals surface area (Å²) in [5.74, 6) is 0. The van der Waals surface area contributed by atoms with Gasteiger partial charge in [0, 0.05) is 16.5 Å². The van der Waals surface area contributed by atoms with Crippen LogP contribution in [0.3, 0.4) is 0 Å². The molecule has 1 aliphatic rings. The summed E-state index contributed by atoms with van der Waals surface area (Å²) in [7, 11) is 0. The Morgan fingerprint density at radius 2 is 1.65 bits per heavy atom. The maximum Gasteiger partial charge on any atom is 0.0538 e. The molecule has 1 aliphatic carbocycles. The van der Waals surface area contributed by atoms with E-state index in [1.54, 1.807) is 11.1 Å². The lowest BCUT2D eigenvalue weighted by molar-refractivity contribution is 0.915. The summed E-state index contributed by atoms with van der Waals surface area (Å²) in [6.45, 7) is 2.15. The van der Waals surface area contributed by atoms with Gasteiger partial charge in [0.25, 0.3) is 0 Å². The fourth-order valence-electron chi connectivity index (χ4n) is 3.34. The third-order valence-corrected chi connectivity index (χ3v) is 4.02. The van der Waals surface area contributed by atoms with Gasteiger partial charge in [0.2, 0.25) is 0 Å². The van der Waals surface area contributed by atoms with Crippen molar-refractivity contribution >= 4 is 21.7 Å². The number of nitrogens with one attached hydrogen (secondary N) is 1. The average molecular weight is 221 g/mol. The van der Waals surface area contributed by atoms with Crippen LogP contribution in [0.25, 0.3) is 21.7 Å². The molecule has 1 heteroatoms. The van der Waals surface area contributed by atoms with E-state index in [4.69, 9.17) is 0 Å². The molecule has 3 aromatic rings. The highest BCUT2D eigenvalue weighted by molar-refractivity contribution is 6.09. The van der Waals surface area contributed by atoms with Gasteiger partial charge >= 0.3 is 0 Å². The minimum atomic E-state index is 1.24. The molecule has 0 radical (unpaired) electrons. The van der Waals surface area contributed by atoms with Gasteiger partial charge in [-0.25, -0.2) is 0 Å². The monoisotopic (exact) mass is 221 g/mol. The van der Waals surface area contributed by atoms with Crippen LogP contribution < -0.4 is 0 Å². The number of aromatic nitrogens is 1. The third-order valence-electron chi connectivity index (χ3n) is 4.02. The molecule has 0 spiro atoms. The SMILES string of the molecule is Cc1cc2c3c(c4ccccc4c2[nH]1)CCC3. The largest absolute Gasteiger partial charge is 0.358 e. The molecule has 1 nitrogen and oxygen atoms in total. The van der Waals surface area contributed by atoms with Crippen molar-refractivity contribution in [2.75, 3.05) is 0 Å². The highest BCUT2D eigenvalue weighted by Gasteiger charge is 2.19. The summed E-state index contributed by atoms with van der Waals surface area (Å²) < 4.78 is 0. The molecule has 84 valence electrons. The summed E-state index contributed by atoms with van der Waals surface area (Å²) in [5, 5.41) is 4.29. The van der Waals surface area contributed by atoms with Crippen LogP contribution in [-0.2, 0) is 12.8 Å². The Bertz CT molecular complexity index is 734. The number of rotatable bonds is 0. The minimum Gasteiger partial charge on any atom is -0.358 e. The first kappa shape index (κ1) is 9.29. The normalized spacial score (nSPS) is 14.6.